The van der Waals surface area contributed by atoms with Crippen LogP contribution in [0.1, 0.15) is 0 Å². The van der Waals surface area contributed by atoms with Crippen molar-refractivity contribution in [3.05, 3.63) is 41.4 Å². The Morgan fingerprint density at radius 2 is 1.89 bits per heavy atom. The SMILES string of the molecule is COc1cc(OC)c(NC(=O)COC(=O)Cn2nnc3ccccc32)cc1Cl. The molecule has 0 fully saturated rings. The standard InChI is InChI=1S/C18H17ClN4O5/c1-26-15-8-16(27-2)13(7-11(15)19)20-17(24)10-28-18(25)9-23-14-6-4-3-5-12(14)21-22-23/h3-8H,9-10H2,1-2H3,(H,20,24). The number of hydrogen-bond donors (Lipinski definition) is 1. The number of ether oxygens (including phenoxy) is 3. The fourth-order valence-corrected chi connectivity index (χ4v) is 2.73. The second-order valence-electron chi connectivity index (χ2n) is 5.63. The molecule has 1 heterocycles. The molecule has 0 aliphatic rings. The molecule has 1 amide bonds. The number of carbonyl (C=O) groups excluding carboxylic acids is 2. The van der Waals surface area contributed by atoms with Gasteiger partial charge in [-0.2, -0.15) is 0 Å². The van der Waals surface area contributed by atoms with E-state index >= 15 is 0 Å². The molecule has 146 valence electrons. The summed E-state index contributed by atoms with van der Waals surface area (Å²) in [5.41, 5.74) is 1.69. The van der Waals surface area contributed by atoms with Gasteiger partial charge in [-0.15, -0.1) is 5.10 Å². The van der Waals surface area contributed by atoms with Gasteiger partial charge in [-0.05, 0) is 18.2 Å². The number of nitrogens with one attached hydrogen (secondary N) is 1. The lowest BCUT2D eigenvalue weighted by Crippen LogP contribution is -2.23. The zero-order valence-electron chi connectivity index (χ0n) is 15.1. The third kappa shape index (κ3) is 4.32. The highest BCUT2D eigenvalue weighted by atomic mass is 35.5. The number of aromatic nitrogens is 3. The van der Waals surface area contributed by atoms with Gasteiger partial charge in [0, 0.05) is 6.07 Å². The maximum absolute atomic E-state index is 12.1. The van der Waals surface area contributed by atoms with Crippen molar-refractivity contribution in [3.63, 3.8) is 0 Å². The summed E-state index contributed by atoms with van der Waals surface area (Å²) in [4.78, 5) is 24.1. The van der Waals surface area contributed by atoms with Gasteiger partial charge in [0.1, 0.15) is 23.6 Å². The van der Waals surface area contributed by atoms with E-state index in [1.807, 2.05) is 12.1 Å². The topological polar surface area (TPSA) is 105 Å². The molecule has 0 saturated carbocycles. The number of carbonyl (C=O) groups is 2. The number of hydrogen-bond acceptors (Lipinski definition) is 7. The van der Waals surface area contributed by atoms with Crippen LogP contribution in [-0.4, -0.2) is 47.7 Å². The molecule has 0 bridgehead atoms. The van der Waals surface area contributed by atoms with E-state index in [2.05, 4.69) is 15.6 Å². The van der Waals surface area contributed by atoms with Gasteiger partial charge in [0.2, 0.25) is 0 Å². The predicted octanol–water partition coefficient (Wildman–Crippen LogP) is 2.28. The molecule has 28 heavy (non-hydrogen) atoms. The molecule has 3 aromatic rings. The van der Waals surface area contributed by atoms with Crippen molar-refractivity contribution in [3.8, 4) is 11.5 Å². The van der Waals surface area contributed by atoms with Gasteiger partial charge in [0.05, 0.1) is 30.4 Å². The minimum Gasteiger partial charge on any atom is -0.495 e. The molecule has 9 nitrogen and oxygen atoms in total. The van der Waals surface area contributed by atoms with E-state index < -0.39 is 18.5 Å². The molecule has 0 radical (unpaired) electrons. The summed E-state index contributed by atoms with van der Waals surface area (Å²) >= 11 is 6.06. The Hall–Kier alpha value is -3.33. The van der Waals surface area contributed by atoms with Crippen molar-refractivity contribution in [1.29, 1.82) is 0 Å². The van der Waals surface area contributed by atoms with Crippen molar-refractivity contribution in [2.45, 2.75) is 6.54 Å². The Bertz CT molecular complexity index is 1020. The third-order valence-electron chi connectivity index (χ3n) is 3.81. The number of benzene rings is 2. The van der Waals surface area contributed by atoms with E-state index in [0.717, 1.165) is 0 Å². The lowest BCUT2D eigenvalue weighted by Gasteiger charge is -2.13. The summed E-state index contributed by atoms with van der Waals surface area (Å²) < 4.78 is 16.7. The van der Waals surface area contributed by atoms with Gasteiger partial charge >= 0.3 is 5.97 Å². The molecule has 0 spiro atoms. The maximum Gasteiger partial charge on any atom is 0.328 e. The number of anilines is 1. The first kappa shape index (κ1) is 19.4. The van der Waals surface area contributed by atoms with E-state index in [0.29, 0.717) is 33.2 Å². The first-order valence-electron chi connectivity index (χ1n) is 8.17. The van der Waals surface area contributed by atoms with Crippen molar-refractivity contribution in [2.75, 3.05) is 26.1 Å². The normalized spacial score (nSPS) is 10.5. The average Bonchev–Trinajstić information content (AvgIpc) is 3.09. The van der Waals surface area contributed by atoms with Crippen molar-refractivity contribution in [2.24, 2.45) is 0 Å². The second-order valence-corrected chi connectivity index (χ2v) is 6.04. The van der Waals surface area contributed by atoms with Crippen LogP contribution in [0.15, 0.2) is 36.4 Å². The molecule has 2 aromatic carbocycles. The quantitative estimate of drug-likeness (QED) is 0.602. The molecule has 0 saturated heterocycles. The van der Waals surface area contributed by atoms with Gasteiger partial charge in [0.15, 0.2) is 6.61 Å². The highest BCUT2D eigenvalue weighted by Crippen LogP contribution is 2.35. The lowest BCUT2D eigenvalue weighted by molar-refractivity contribution is -0.148. The molecular formula is C18H17ClN4O5. The smallest absolute Gasteiger partial charge is 0.328 e. The molecule has 10 heteroatoms. The zero-order valence-corrected chi connectivity index (χ0v) is 15.9. The molecule has 0 aliphatic heterocycles. The zero-order chi connectivity index (χ0) is 20.1. The van der Waals surface area contributed by atoms with Crippen LogP contribution in [0, 0.1) is 0 Å². The number of amides is 1. The van der Waals surface area contributed by atoms with Crippen LogP contribution in [0.2, 0.25) is 5.02 Å². The van der Waals surface area contributed by atoms with E-state index in [4.69, 9.17) is 25.8 Å². The Labute approximate surface area is 165 Å². The van der Waals surface area contributed by atoms with Gasteiger partial charge in [-0.1, -0.05) is 28.9 Å². The van der Waals surface area contributed by atoms with Gasteiger partial charge in [-0.3, -0.25) is 9.59 Å². The first-order valence-corrected chi connectivity index (χ1v) is 8.55. The van der Waals surface area contributed by atoms with E-state index in [1.54, 1.807) is 18.2 Å². The minimum atomic E-state index is -0.620. The second kappa shape index (κ2) is 8.57. The Morgan fingerprint density at radius 3 is 2.64 bits per heavy atom. The molecule has 1 N–H and O–H groups in total. The molecule has 0 unspecified atom stereocenters. The minimum absolute atomic E-state index is 0.161. The Balaban J connectivity index is 1.58. The number of esters is 1. The van der Waals surface area contributed by atoms with Crippen LogP contribution in [0.4, 0.5) is 5.69 Å². The number of fused-ring (bicyclic) bond motifs is 1. The van der Waals surface area contributed by atoms with Gasteiger partial charge < -0.3 is 19.5 Å². The Morgan fingerprint density at radius 1 is 1.14 bits per heavy atom. The summed E-state index contributed by atoms with van der Waals surface area (Å²) in [6.07, 6.45) is 0. The summed E-state index contributed by atoms with van der Waals surface area (Å²) in [6.45, 7) is -0.635. The van der Waals surface area contributed by atoms with Crippen LogP contribution in [0.5, 0.6) is 11.5 Å². The highest BCUT2D eigenvalue weighted by molar-refractivity contribution is 6.32. The van der Waals surface area contributed by atoms with Crippen LogP contribution >= 0.6 is 11.6 Å². The number of para-hydroxylation sites is 1. The van der Waals surface area contributed by atoms with Crippen molar-refractivity contribution >= 4 is 40.2 Å². The summed E-state index contributed by atoms with van der Waals surface area (Å²) in [6, 6.07) is 10.2. The molecule has 3 rings (SSSR count). The van der Waals surface area contributed by atoms with E-state index in [9.17, 15) is 9.59 Å². The van der Waals surface area contributed by atoms with Crippen LogP contribution in [0.25, 0.3) is 11.0 Å². The monoisotopic (exact) mass is 404 g/mol. The summed E-state index contributed by atoms with van der Waals surface area (Å²) in [5.74, 6) is -0.403. The molecule has 0 aliphatic carbocycles. The predicted molar refractivity (Wildman–Crippen MR) is 102 cm³/mol. The maximum atomic E-state index is 12.1. The fraction of sp³-hybridized carbons (Fsp3) is 0.222. The van der Waals surface area contributed by atoms with E-state index in [-0.39, 0.29) is 6.54 Å². The van der Waals surface area contributed by atoms with Crippen molar-refractivity contribution in [1.82, 2.24) is 15.0 Å². The van der Waals surface area contributed by atoms with Gasteiger partial charge in [0.25, 0.3) is 5.91 Å². The fourth-order valence-electron chi connectivity index (χ4n) is 2.49. The molecule has 0 atom stereocenters. The summed E-state index contributed by atoms with van der Waals surface area (Å²) in [5, 5.41) is 10.7. The number of nitrogens with zero attached hydrogens (tertiary/aromatic N) is 3. The number of rotatable bonds is 7. The van der Waals surface area contributed by atoms with Crippen LogP contribution < -0.4 is 14.8 Å². The molecular weight excluding hydrogens is 388 g/mol. The van der Waals surface area contributed by atoms with Crippen molar-refractivity contribution < 1.29 is 23.8 Å². The number of halogens is 1. The first-order chi connectivity index (χ1) is 13.5. The number of methoxy groups -OCH3 is 2. The largest absolute Gasteiger partial charge is 0.495 e. The average molecular weight is 405 g/mol. The molecule has 1 aromatic heterocycles. The highest BCUT2D eigenvalue weighted by Gasteiger charge is 2.15. The lowest BCUT2D eigenvalue weighted by atomic mass is 10.2. The van der Waals surface area contributed by atoms with E-state index in [1.165, 1.54) is 25.0 Å². The Kier molecular flexibility index (Phi) is 5.95. The van der Waals surface area contributed by atoms with Crippen LogP contribution in [0.3, 0.4) is 0 Å². The third-order valence-corrected chi connectivity index (χ3v) is 4.11. The summed E-state index contributed by atoms with van der Waals surface area (Å²) in [7, 11) is 2.91. The van der Waals surface area contributed by atoms with Crippen LogP contribution in [-0.2, 0) is 20.9 Å². The van der Waals surface area contributed by atoms with Gasteiger partial charge in [-0.25, -0.2) is 4.68 Å².